The van der Waals surface area contributed by atoms with Gasteiger partial charge in [0.05, 0.1) is 6.61 Å². The van der Waals surface area contributed by atoms with Crippen LogP contribution < -0.4 is 5.73 Å². The molecule has 0 aliphatic heterocycles. The molecule has 0 atom stereocenters. The van der Waals surface area contributed by atoms with Crippen molar-refractivity contribution < 1.29 is 5.11 Å². The van der Waals surface area contributed by atoms with Crippen LogP contribution in [0.25, 0.3) is 0 Å². The van der Waals surface area contributed by atoms with Crippen LogP contribution in [-0.2, 0) is 0 Å². The molecule has 2 nitrogen and oxygen atoms in total. The third-order valence-corrected chi connectivity index (χ3v) is 0.129. The zero-order valence-electron chi connectivity index (χ0n) is 2.44. The van der Waals surface area contributed by atoms with E-state index in [2.05, 4.69) is 0 Å². The zero-order valence-corrected chi connectivity index (χ0v) is 2.44. The van der Waals surface area contributed by atoms with Crippen LogP contribution >= 0.6 is 0 Å². The smallest absolute Gasteiger partial charge is 0.0553 e. The molecule has 0 heterocycles. The van der Waals surface area contributed by atoms with Gasteiger partial charge >= 0.3 is 0 Å². The zero-order chi connectivity index (χ0) is 3.41. The molecule has 0 amide bonds. The molecular formula is C2H7NO. The minimum absolute atomic E-state index is 0.0972. The fraction of sp³-hybridized carbons (Fsp3) is 1.00. The SMILES string of the molecule is NC[13CH2]O. The van der Waals surface area contributed by atoms with E-state index in [9.17, 15) is 0 Å². The second-order valence-corrected chi connectivity index (χ2v) is 0.512. The van der Waals surface area contributed by atoms with E-state index in [1.807, 2.05) is 0 Å². The summed E-state index contributed by atoms with van der Waals surface area (Å²) in [5.74, 6) is 0. The normalized spacial score (nSPS) is 7.50. The van der Waals surface area contributed by atoms with Gasteiger partial charge in [-0.1, -0.05) is 0 Å². The molecule has 2 heteroatoms. The molecule has 0 radical (unpaired) electrons. The number of nitrogens with two attached hydrogens (primary N) is 1. The molecule has 0 aromatic carbocycles. The minimum Gasteiger partial charge on any atom is -0.395 e. The second-order valence-electron chi connectivity index (χ2n) is 0.512. The van der Waals surface area contributed by atoms with Crippen LogP contribution in [0.3, 0.4) is 0 Å². The molecule has 0 aromatic heterocycles. The predicted molar refractivity (Wildman–Crippen MR) is 16.1 cm³/mol. The van der Waals surface area contributed by atoms with Crippen molar-refractivity contribution >= 4 is 0 Å². The van der Waals surface area contributed by atoms with Crippen LogP contribution in [0.2, 0.25) is 0 Å². The van der Waals surface area contributed by atoms with Crippen molar-refractivity contribution in [3.05, 3.63) is 0 Å². The Bertz CT molecular complexity index is 8.00. The van der Waals surface area contributed by atoms with Gasteiger partial charge in [0.15, 0.2) is 0 Å². The Kier molecular flexibility index (Phi) is 2.86. The average Bonchev–Trinajstić information content (AvgIpc) is 1.37. The summed E-state index contributed by atoms with van der Waals surface area (Å²) in [5.41, 5.74) is 4.78. The molecule has 0 aromatic rings. The minimum atomic E-state index is 0.0972. The molecule has 3 N–H and O–H groups in total. The van der Waals surface area contributed by atoms with Gasteiger partial charge in [0.25, 0.3) is 0 Å². The van der Waals surface area contributed by atoms with E-state index in [1.54, 1.807) is 0 Å². The second kappa shape index (κ2) is 2.92. The standard InChI is InChI=1S/C2H7NO/c3-1-2-4/h4H,1-3H2/i2+1. The van der Waals surface area contributed by atoms with Crippen LogP contribution in [0.5, 0.6) is 0 Å². The lowest BCUT2D eigenvalue weighted by Crippen LogP contribution is -2.02. The summed E-state index contributed by atoms with van der Waals surface area (Å²) in [6, 6.07) is 0. The molecule has 0 unspecified atom stereocenters. The van der Waals surface area contributed by atoms with Crippen molar-refractivity contribution in [1.29, 1.82) is 0 Å². The highest BCUT2D eigenvalue weighted by Crippen LogP contribution is 1.33. The van der Waals surface area contributed by atoms with Gasteiger partial charge in [-0.25, -0.2) is 0 Å². The van der Waals surface area contributed by atoms with Crippen molar-refractivity contribution in [1.82, 2.24) is 0 Å². The highest BCUT2D eigenvalue weighted by atomic mass is 16.3. The van der Waals surface area contributed by atoms with E-state index < -0.39 is 0 Å². The van der Waals surface area contributed by atoms with Gasteiger partial charge in [-0.15, -0.1) is 0 Å². The monoisotopic (exact) mass is 62.1 g/mol. The van der Waals surface area contributed by atoms with Gasteiger partial charge in [-0.3, -0.25) is 0 Å². The van der Waals surface area contributed by atoms with Gasteiger partial charge in [0, 0.05) is 6.54 Å². The topological polar surface area (TPSA) is 46.2 Å². The van der Waals surface area contributed by atoms with Crippen molar-refractivity contribution in [2.45, 2.75) is 0 Å². The van der Waals surface area contributed by atoms with E-state index in [4.69, 9.17) is 10.8 Å². The summed E-state index contributed by atoms with van der Waals surface area (Å²) in [7, 11) is 0. The number of aliphatic hydroxyl groups is 1. The molecule has 0 rings (SSSR count). The Hall–Kier alpha value is -0.0800. The van der Waals surface area contributed by atoms with Gasteiger partial charge in [-0.05, 0) is 0 Å². The van der Waals surface area contributed by atoms with E-state index in [1.165, 1.54) is 0 Å². The van der Waals surface area contributed by atoms with Crippen molar-refractivity contribution in [3.8, 4) is 0 Å². The van der Waals surface area contributed by atoms with Crippen LogP contribution in [0.4, 0.5) is 0 Å². The van der Waals surface area contributed by atoms with E-state index in [0.717, 1.165) is 0 Å². The Balaban J connectivity index is 1.97. The molecule has 0 spiro atoms. The Morgan fingerprint density at radius 3 is 2.00 bits per heavy atom. The van der Waals surface area contributed by atoms with Gasteiger partial charge in [0.1, 0.15) is 0 Å². The van der Waals surface area contributed by atoms with Crippen LogP contribution in [0.15, 0.2) is 0 Å². The highest BCUT2D eigenvalue weighted by Gasteiger charge is 1.56. The third-order valence-electron chi connectivity index (χ3n) is 0.129. The molecular weight excluding hydrogens is 55.0 g/mol. The van der Waals surface area contributed by atoms with Crippen molar-refractivity contribution in [2.75, 3.05) is 13.2 Å². The molecule has 0 saturated carbocycles. The predicted octanol–water partition coefficient (Wildman–Crippen LogP) is -1.06. The first kappa shape index (κ1) is 3.92. The molecule has 0 bridgehead atoms. The average molecular weight is 62.1 g/mol. The summed E-state index contributed by atoms with van der Waals surface area (Å²) < 4.78 is 0. The van der Waals surface area contributed by atoms with Crippen molar-refractivity contribution in [2.24, 2.45) is 5.73 Å². The maximum atomic E-state index is 7.75. The molecule has 0 fully saturated rings. The Labute approximate surface area is 25.2 Å². The third kappa shape index (κ3) is 1.92. The van der Waals surface area contributed by atoms with Crippen molar-refractivity contribution in [3.63, 3.8) is 0 Å². The van der Waals surface area contributed by atoms with E-state index in [-0.39, 0.29) is 6.61 Å². The fourth-order valence-corrected chi connectivity index (χ4v) is 0. The number of hydrogen-bond donors (Lipinski definition) is 2. The fourth-order valence-electron chi connectivity index (χ4n) is 0. The number of rotatable bonds is 1. The Morgan fingerprint density at radius 1 is 1.75 bits per heavy atom. The summed E-state index contributed by atoms with van der Waals surface area (Å²) in [6.45, 7) is 0.472. The quantitative estimate of drug-likeness (QED) is 0.380. The van der Waals surface area contributed by atoms with Crippen LogP contribution in [-0.4, -0.2) is 18.3 Å². The van der Waals surface area contributed by atoms with Crippen LogP contribution in [0, 0.1) is 0 Å². The number of aliphatic hydroxyl groups excluding tert-OH is 1. The van der Waals surface area contributed by atoms with Gasteiger partial charge in [-0.2, -0.15) is 0 Å². The van der Waals surface area contributed by atoms with E-state index >= 15 is 0 Å². The number of hydrogen-bond acceptors (Lipinski definition) is 2. The highest BCUT2D eigenvalue weighted by molar-refractivity contribution is 4.17. The molecule has 0 aliphatic carbocycles. The first-order valence-corrected chi connectivity index (χ1v) is 1.22. The first-order chi connectivity index (χ1) is 1.91. The maximum Gasteiger partial charge on any atom is 0.0553 e. The van der Waals surface area contributed by atoms with Crippen LogP contribution in [0.1, 0.15) is 0 Å². The lowest BCUT2D eigenvalue weighted by Gasteiger charge is -1.71. The Morgan fingerprint density at radius 2 is 2.00 bits per heavy atom. The molecule has 4 heavy (non-hydrogen) atoms. The summed E-state index contributed by atoms with van der Waals surface area (Å²) in [6.07, 6.45) is 0. The maximum absolute atomic E-state index is 7.75. The lowest BCUT2D eigenvalue weighted by molar-refractivity contribution is 0.306. The van der Waals surface area contributed by atoms with Gasteiger partial charge < -0.3 is 10.8 Å². The summed E-state index contributed by atoms with van der Waals surface area (Å²) >= 11 is 0. The molecule has 26 valence electrons. The molecule has 0 aliphatic rings. The lowest BCUT2D eigenvalue weighted by atomic mass is 11.1. The largest absolute Gasteiger partial charge is 0.395 e. The first-order valence-electron chi connectivity index (χ1n) is 1.22. The van der Waals surface area contributed by atoms with Gasteiger partial charge in [0.2, 0.25) is 0 Å². The molecule has 0 saturated heterocycles. The summed E-state index contributed by atoms with van der Waals surface area (Å²) in [4.78, 5) is 0. The van der Waals surface area contributed by atoms with E-state index in [0.29, 0.717) is 6.54 Å². The summed E-state index contributed by atoms with van der Waals surface area (Å²) in [5, 5.41) is 7.75.